The Kier molecular flexibility index (Phi) is 46.6. The molecule has 0 aliphatic heterocycles. The normalized spacial score (nSPS) is 14.5. The summed E-state index contributed by atoms with van der Waals surface area (Å²) in [6.07, 6.45) is 42.9. The summed E-state index contributed by atoms with van der Waals surface area (Å²) >= 11 is 0. The summed E-state index contributed by atoms with van der Waals surface area (Å²) in [6, 6.07) is 0. The zero-order chi connectivity index (χ0) is 49.6. The van der Waals surface area contributed by atoms with Gasteiger partial charge in [-0.05, 0) is 77.0 Å². The quantitative estimate of drug-likeness (QED) is 0.0253. The summed E-state index contributed by atoms with van der Waals surface area (Å²) in [7, 11) is 0. The van der Waals surface area contributed by atoms with Gasteiger partial charge in [0, 0.05) is 25.7 Å². The summed E-state index contributed by atoms with van der Waals surface area (Å²) < 4.78 is 0. The molecular formula is C56H104O10. The van der Waals surface area contributed by atoms with Crippen LogP contribution in [-0.4, -0.2) is 90.4 Å². The van der Waals surface area contributed by atoms with Crippen LogP contribution >= 0.6 is 0 Å². The van der Waals surface area contributed by atoms with Crippen molar-refractivity contribution in [3.63, 3.8) is 0 Å². The van der Waals surface area contributed by atoms with E-state index in [1.165, 1.54) is 89.9 Å². The van der Waals surface area contributed by atoms with Gasteiger partial charge >= 0.3 is 0 Å². The van der Waals surface area contributed by atoms with Gasteiger partial charge in [0.2, 0.25) is 0 Å². The largest absolute Gasteiger partial charge is 0.393 e. The zero-order valence-electron chi connectivity index (χ0n) is 43.1. The number of rotatable bonds is 48. The molecule has 0 aliphatic rings. The molecule has 0 radical (unpaired) electrons. The van der Waals surface area contributed by atoms with Gasteiger partial charge in [-0.25, -0.2) is 0 Å². The predicted molar refractivity (Wildman–Crippen MR) is 273 cm³/mol. The van der Waals surface area contributed by atoms with Gasteiger partial charge in [0.25, 0.3) is 0 Å². The second-order valence-electron chi connectivity index (χ2n) is 19.0. The minimum Gasteiger partial charge on any atom is -0.393 e. The van der Waals surface area contributed by atoms with E-state index in [-0.39, 0.29) is 25.7 Å². The van der Waals surface area contributed by atoms with Crippen molar-refractivity contribution in [3.8, 4) is 0 Å². The molecule has 0 amide bonds. The molecule has 0 heterocycles. The molecular weight excluding hydrogens is 833 g/mol. The molecule has 0 fully saturated rings. The molecule has 6 N–H and O–H groups in total. The van der Waals surface area contributed by atoms with Crippen LogP contribution in [0.25, 0.3) is 0 Å². The molecule has 4 unspecified atom stereocenters. The Hall–Kier alpha value is -2.08. The van der Waals surface area contributed by atoms with Gasteiger partial charge in [-0.15, -0.1) is 0 Å². The van der Waals surface area contributed by atoms with Crippen molar-refractivity contribution >= 4 is 23.1 Å². The lowest BCUT2D eigenvalue weighted by Gasteiger charge is -2.29. The van der Waals surface area contributed by atoms with Crippen molar-refractivity contribution in [3.05, 3.63) is 24.3 Å². The van der Waals surface area contributed by atoms with Gasteiger partial charge in [0.05, 0.1) is 13.2 Å². The van der Waals surface area contributed by atoms with Crippen LogP contribution in [0.15, 0.2) is 24.3 Å². The average Bonchev–Trinajstić information content (AvgIpc) is 3.32. The highest BCUT2D eigenvalue weighted by atomic mass is 16.4. The Morgan fingerprint density at radius 1 is 0.348 bits per heavy atom. The lowest BCUT2D eigenvalue weighted by Crippen LogP contribution is -2.55. The first-order chi connectivity index (χ1) is 31.9. The molecule has 10 nitrogen and oxygen atoms in total. The molecule has 0 aromatic heterocycles. The molecule has 0 aromatic carbocycles. The number of hydrogen-bond donors (Lipinski definition) is 6. The van der Waals surface area contributed by atoms with Gasteiger partial charge in [0.1, 0.15) is 0 Å². The molecule has 4 atom stereocenters. The fourth-order valence-electron chi connectivity index (χ4n) is 8.06. The van der Waals surface area contributed by atoms with Crippen molar-refractivity contribution in [1.29, 1.82) is 0 Å². The van der Waals surface area contributed by atoms with Crippen LogP contribution in [0.2, 0.25) is 0 Å². The molecule has 10 heteroatoms. The number of aliphatic hydroxyl groups excluding tert-OH is 4. The standard InChI is InChI=1S/C29H54O5.C27H50O5/c1-3-5-7-9-10-11-12-13-14-15-16-17-18-20-21-23-26(31)28(33)29(34,25-30)27(32)24-22-19-8-6-4-2;1-3-5-7-8-9-10-11-12-13-14-15-16-17-18-20-21-24(29)26(31)27(32,23-28)25(30)22-19-6-4-2/h13-14,28,30,33-34H,3-12,15-25H2,1-2H3;12-13,26,28,31-32H,3-11,14-23H2,1-2H3. The van der Waals surface area contributed by atoms with Gasteiger partial charge in [-0.1, -0.05) is 193 Å². The number of ketones is 4. The van der Waals surface area contributed by atoms with Gasteiger partial charge in [-0.3, -0.25) is 19.2 Å². The Labute approximate surface area is 404 Å². The lowest BCUT2D eigenvalue weighted by atomic mass is 9.85. The minimum atomic E-state index is -2.37. The van der Waals surface area contributed by atoms with Crippen molar-refractivity contribution in [1.82, 2.24) is 0 Å². The number of allylic oxidation sites excluding steroid dienone is 4. The fraction of sp³-hybridized carbons (Fsp3) is 0.857. The zero-order valence-corrected chi connectivity index (χ0v) is 43.1. The second kappa shape index (κ2) is 46.6. The Morgan fingerprint density at radius 3 is 0.833 bits per heavy atom. The predicted octanol–water partition coefficient (Wildman–Crippen LogP) is 12.4. The third kappa shape index (κ3) is 34.2. The number of carbonyl (C=O) groups excluding carboxylic acids is 4. The summed E-state index contributed by atoms with van der Waals surface area (Å²) in [5, 5.41) is 60.3. The van der Waals surface area contributed by atoms with Crippen LogP contribution in [0.4, 0.5) is 0 Å². The van der Waals surface area contributed by atoms with E-state index in [1.807, 2.05) is 6.92 Å². The van der Waals surface area contributed by atoms with Gasteiger partial charge in [0.15, 0.2) is 46.5 Å². The highest BCUT2D eigenvalue weighted by Gasteiger charge is 2.46. The van der Waals surface area contributed by atoms with E-state index in [1.54, 1.807) is 0 Å². The molecule has 0 bridgehead atoms. The molecule has 0 spiro atoms. The Morgan fingerprint density at radius 2 is 0.561 bits per heavy atom. The number of unbranched alkanes of at least 4 members (excludes halogenated alkanes) is 28. The van der Waals surface area contributed by atoms with Crippen molar-refractivity contribution in [2.75, 3.05) is 13.2 Å². The maximum atomic E-state index is 12.4. The van der Waals surface area contributed by atoms with E-state index >= 15 is 0 Å². The van der Waals surface area contributed by atoms with Gasteiger partial charge in [-0.2, -0.15) is 0 Å². The van der Waals surface area contributed by atoms with Crippen LogP contribution in [0.1, 0.15) is 272 Å². The minimum absolute atomic E-state index is 0.0582. The van der Waals surface area contributed by atoms with Gasteiger partial charge < -0.3 is 30.6 Å². The van der Waals surface area contributed by atoms with Crippen LogP contribution in [0, 0.1) is 0 Å². The van der Waals surface area contributed by atoms with E-state index in [4.69, 9.17) is 0 Å². The van der Waals surface area contributed by atoms with Crippen molar-refractivity contribution in [2.45, 2.75) is 295 Å². The molecule has 0 aromatic rings. The van der Waals surface area contributed by atoms with Crippen LogP contribution in [-0.2, 0) is 19.2 Å². The smallest absolute Gasteiger partial charge is 0.178 e. The third-order valence-electron chi connectivity index (χ3n) is 12.8. The Bertz CT molecular complexity index is 1220. The fourth-order valence-corrected chi connectivity index (χ4v) is 8.06. The maximum absolute atomic E-state index is 12.4. The van der Waals surface area contributed by atoms with Crippen molar-refractivity contribution < 1.29 is 49.8 Å². The van der Waals surface area contributed by atoms with E-state index in [0.29, 0.717) is 25.7 Å². The monoisotopic (exact) mass is 937 g/mol. The average molecular weight is 937 g/mol. The number of hydrogen-bond acceptors (Lipinski definition) is 10. The number of carbonyl (C=O) groups is 4. The van der Waals surface area contributed by atoms with E-state index in [9.17, 15) is 49.8 Å². The molecule has 0 saturated carbocycles. The molecule has 388 valence electrons. The third-order valence-corrected chi connectivity index (χ3v) is 12.8. The maximum Gasteiger partial charge on any atom is 0.178 e. The molecule has 0 saturated heterocycles. The number of aliphatic hydroxyl groups is 6. The topological polar surface area (TPSA) is 190 Å². The molecule has 66 heavy (non-hydrogen) atoms. The molecule has 0 rings (SSSR count). The highest BCUT2D eigenvalue weighted by molar-refractivity contribution is 5.97. The molecule has 0 aliphatic carbocycles. The first kappa shape index (κ1) is 66.0. The van der Waals surface area contributed by atoms with Crippen LogP contribution in [0.3, 0.4) is 0 Å². The van der Waals surface area contributed by atoms with E-state index < -0.39 is 59.8 Å². The SMILES string of the molecule is CCCCCCCCC=CCCCCCCCC(=O)C(O)C(O)(CO)C(=O)CCCCC.CCCCCCCCC=CCCCCCCCC(=O)C(O)C(O)(CO)C(=O)CCCCCCC. The van der Waals surface area contributed by atoms with Crippen LogP contribution < -0.4 is 0 Å². The van der Waals surface area contributed by atoms with E-state index in [2.05, 4.69) is 45.1 Å². The first-order valence-corrected chi connectivity index (χ1v) is 27.3. The lowest BCUT2D eigenvalue weighted by molar-refractivity contribution is -0.165. The Balaban J connectivity index is 0. The van der Waals surface area contributed by atoms with Crippen molar-refractivity contribution in [2.24, 2.45) is 0 Å². The summed E-state index contributed by atoms with van der Waals surface area (Å²) in [5.74, 6) is -2.42. The summed E-state index contributed by atoms with van der Waals surface area (Å²) in [6.45, 7) is 6.72. The summed E-state index contributed by atoms with van der Waals surface area (Å²) in [4.78, 5) is 49.1. The van der Waals surface area contributed by atoms with Crippen LogP contribution in [0.5, 0.6) is 0 Å². The van der Waals surface area contributed by atoms with E-state index in [0.717, 1.165) is 103 Å². The highest BCUT2D eigenvalue weighted by Crippen LogP contribution is 2.22. The summed E-state index contributed by atoms with van der Waals surface area (Å²) in [5.41, 5.74) is -4.74. The second-order valence-corrected chi connectivity index (χ2v) is 19.0. The number of Topliss-reactive ketones (excluding diaryl/α,β-unsaturated/α-hetero) is 4. The first-order valence-electron chi connectivity index (χ1n) is 27.3.